The molecular formula is C8H14N2O. The van der Waals surface area contributed by atoms with E-state index in [1.807, 2.05) is 0 Å². The summed E-state index contributed by atoms with van der Waals surface area (Å²) in [5.41, 5.74) is 10.8. The smallest absolute Gasteiger partial charge is 0.225 e. The van der Waals surface area contributed by atoms with Crippen LogP contribution in [0.25, 0.3) is 0 Å². The first-order valence-electron chi connectivity index (χ1n) is 4.20. The summed E-state index contributed by atoms with van der Waals surface area (Å²) in [5, 5.41) is 0. The van der Waals surface area contributed by atoms with Crippen LogP contribution < -0.4 is 11.5 Å². The van der Waals surface area contributed by atoms with Crippen molar-refractivity contribution in [2.75, 3.05) is 0 Å². The minimum atomic E-state index is -0.312. The molecule has 11 heavy (non-hydrogen) atoms. The molecule has 0 saturated heterocycles. The third-order valence-electron chi connectivity index (χ3n) is 3.42. The maximum Gasteiger partial charge on any atom is 0.225 e. The number of primary amides is 1. The topological polar surface area (TPSA) is 69.1 Å². The van der Waals surface area contributed by atoms with Crippen LogP contribution in [0.2, 0.25) is 0 Å². The van der Waals surface area contributed by atoms with Crippen LogP contribution in [0.3, 0.4) is 0 Å². The monoisotopic (exact) mass is 154 g/mol. The third-order valence-corrected chi connectivity index (χ3v) is 3.42. The number of carbonyl (C=O) groups is 1. The molecule has 0 unspecified atom stereocenters. The van der Waals surface area contributed by atoms with Gasteiger partial charge < -0.3 is 11.5 Å². The first kappa shape index (κ1) is 7.10. The molecule has 2 saturated carbocycles. The standard InChI is InChI=1S/C8H14N2O/c9-6(11)7(2-1-3-7)8(10)4-5-8/h1-5,10H2,(H2,9,11). The molecule has 0 aromatic rings. The van der Waals surface area contributed by atoms with Gasteiger partial charge in [0.05, 0.1) is 5.41 Å². The normalized spacial score (nSPS) is 30.6. The van der Waals surface area contributed by atoms with Gasteiger partial charge in [-0.25, -0.2) is 0 Å². The summed E-state index contributed by atoms with van der Waals surface area (Å²) in [6, 6.07) is 0. The maximum atomic E-state index is 11.1. The molecule has 0 radical (unpaired) electrons. The van der Waals surface area contributed by atoms with E-state index in [1.165, 1.54) is 0 Å². The van der Waals surface area contributed by atoms with Crippen LogP contribution in [-0.4, -0.2) is 11.4 Å². The lowest BCUT2D eigenvalue weighted by Crippen LogP contribution is -2.56. The predicted molar refractivity (Wildman–Crippen MR) is 41.6 cm³/mol. The Kier molecular flexibility index (Phi) is 1.15. The van der Waals surface area contributed by atoms with E-state index < -0.39 is 0 Å². The van der Waals surface area contributed by atoms with Crippen molar-refractivity contribution in [3.8, 4) is 0 Å². The van der Waals surface area contributed by atoms with E-state index in [1.54, 1.807) is 0 Å². The van der Waals surface area contributed by atoms with E-state index in [9.17, 15) is 4.79 Å². The van der Waals surface area contributed by atoms with Gasteiger partial charge in [-0.3, -0.25) is 4.79 Å². The number of rotatable bonds is 2. The van der Waals surface area contributed by atoms with Crippen molar-refractivity contribution in [1.82, 2.24) is 0 Å². The Hall–Kier alpha value is -0.570. The van der Waals surface area contributed by atoms with Crippen LogP contribution in [0.4, 0.5) is 0 Å². The maximum absolute atomic E-state index is 11.1. The van der Waals surface area contributed by atoms with Crippen molar-refractivity contribution in [2.24, 2.45) is 16.9 Å². The molecule has 0 aliphatic heterocycles. The van der Waals surface area contributed by atoms with Gasteiger partial charge >= 0.3 is 0 Å². The van der Waals surface area contributed by atoms with E-state index in [2.05, 4.69) is 0 Å². The lowest BCUT2D eigenvalue weighted by Gasteiger charge is -2.44. The summed E-state index contributed by atoms with van der Waals surface area (Å²) in [6.07, 6.45) is 4.91. The highest BCUT2D eigenvalue weighted by Gasteiger charge is 2.62. The van der Waals surface area contributed by atoms with E-state index in [0.29, 0.717) is 0 Å². The lowest BCUT2D eigenvalue weighted by atomic mass is 9.62. The Labute approximate surface area is 66.1 Å². The van der Waals surface area contributed by atoms with Crippen LogP contribution >= 0.6 is 0 Å². The van der Waals surface area contributed by atoms with Gasteiger partial charge in [0, 0.05) is 5.54 Å². The second-order valence-corrected chi connectivity index (χ2v) is 3.96. The fourth-order valence-corrected chi connectivity index (χ4v) is 2.13. The molecule has 0 atom stereocenters. The van der Waals surface area contributed by atoms with Gasteiger partial charge in [-0.15, -0.1) is 0 Å². The Balaban J connectivity index is 2.23. The summed E-state index contributed by atoms with van der Waals surface area (Å²) in [7, 11) is 0. The number of hydrogen-bond donors (Lipinski definition) is 2. The lowest BCUT2D eigenvalue weighted by molar-refractivity contribution is -0.135. The number of amides is 1. The summed E-state index contributed by atoms with van der Waals surface area (Å²) in [4.78, 5) is 11.1. The number of nitrogens with two attached hydrogens (primary N) is 2. The molecule has 2 fully saturated rings. The van der Waals surface area contributed by atoms with Gasteiger partial charge in [-0.05, 0) is 25.7 Å². The first-order valence-corrected chi connectivity index (χ1v) is 4.20. The Bertz CT molecular complexity index is 204. The molecule has 0 spiro atoms. The Morgan fingerprint density at radius 2 is 1.73 bits per heavy atom. The van der Waals surface area contributed by atoms with Crippen LogP contribution in [0.5, 0.6) is 0 Å². The quantitative estimate of drug-likeness (QED) is 0.593. The molecular weight excluding hydrogens is 140 g/mol. The molecule has 1 amide bonds. The van der Waals surface area contributed by atoms with Crippen LogP contribution in [0.15, 0.2) is 0 Å². The van der Waals surface area contributed by atoms with Gasteiger partial charge in [0.25, 0.3) is 0 Å². The second-order valence-electron chi connectivity index (χ2n) is 3.96. The van der Waals surface area contributed by atoms with Gasteiger partial charge in [0.1, 0.15) is 0 Å². The highest BCUT2D eigenvalue weighted by atomic mass is 16.1. The molecule has 0 heterocycles. The largest absolute Gasteiger partial charge is 0.369 e. The van der Waals surface area contributed by atoms with Crippen LogP contribution in [-0.2, 0) is 4.79 Å². The van der Waals surface area contributed by atoms with E-state index in [4.69, 9.17) is 11.5 Å². The zero-order valence-corrected chi connectivity index (χ0v) is 6.60. The van der Waals surface area contributed by atoms with Gasteiger partial charge in [0.2, 0.25) is 5.91 Å². The average Bonchev–Trinajstić information content (AvgIpc) is 2.42. The molecule has 2 aliphatic rings. The van der Waals surface area contributed by atoms with Crippen LogP contribution in [0, 0.1) is 5.41 Å². The molecule has 0 bridgehead atoms. The van der Waals surface area contributed by atoms with Crippen molar-refractivity contribution < 1.29 is 4.79 Å². The molecule has 2 aliphatic carbocycles. The van der Waals surface area contributed by atoms with Gasteiger partial charge in [-0.2, -0.15) is 0 Å². The van der Waals surface area contributed by atoms with Crippen LogP contribution in [0.1, 0.15) is 32.1 Å². The van der Waals surface area contributed by atoms with Crippen molar-refractivity contribution in [1.29, 1.82) is 0 Å². The third kappa shape index (κ3) is 0.692. The minimum Gasteiger partial charge on any atom is -0.369 e. The van der Waals surface area contributed by atoms with Gasteiger partial charge in [-0.1, -0.05) is 6.42 Å². The first-order chi connectivity index (χ1) is 5.11. The summed E-state index contributed by atoms with van der Waals surface area (Å²) < 4.78 is 0. The molecule has 0 aromatic carbocycles. The SMILES string of the molecule is NC(=O)C1(C2(N)CC2)CCC1. The zero-order valence-electron chi connectivity index (χ0n) is 6.60. The highest BCUT2D eigenvalue weighted by Crippen LogP contribution is 2.58. The molecule has 3 nitrogen and oxygen atoms in total. The second kappa shape index (κ2) is 1.78. The van der Waals surface area contributed by atoms with Crippen molar-refractivity contribution >= 4 is 5.91 Å². The Morgan fingerprint density at radius 1 is 1.18 bits per heavy atom. The van der Waals surface area contributed by atoms with E-state index in [0.717, 1.165) is 32.1 Å². The fraction of sp³-hybridized carbons (Fsp3) is 0.875. The molecule has 2 rings (SSSR count). The number of carbonyl (C=O) groups excluding carboxylic acids is 1. The summed E-state index contributed by atoms with van der Waals surface area (Å²) in [6.45, 7) is 0. The van der Waals surface area contributed by atoms with Crippen molar-refractivity contribution in [3.05, 3.63) is 0 Å². The summed E-state index contributed by atoms with van der Waals surface area (Å²) >= 11 is 0. The number of hydrogen-bond acceptors (Lipinski definition) is 2. The van der Waals surface area contributed by atoms with Crippen molar-refractivity contribution in [2.45, 2.75) is 37.6 Å². The summed E-state index contributed by atoms with van der Waals surface area (Å²) in [5.74, 6) is -0.177. The fourth-order valence-electron chi connectivity index (χ4n) is 2.13. The predicted octanol–water partition coefficient (Wildman–Crippen LogP) is 0.133. The highest BCUT2D eigenvalue weighted by molar-refractivity contribution is 5.84. The Morgan fingerprint density at radius 3 is 1.82 bits per heavy atom. The van der Waals surface area contributed by atoms with E-state index in [-0.39, 0.29) is 16.9 Å². The van der Waals surface area contributed by atoms with Crippen molar-refractivity contribution in [3.63, 3.8) is 0 Å². The molecule has 0 aromatic heterocycles. The average molecular weight is 154 g/mol. The zero-order chi connectivity index (χ0) is 8.11. The van der Waals surface area contributed by atoms with E-state index >= 15 is 0 Å². The molecule has 62 valence electrons. The molecule has 3 heteroatoms. The molecule has 4 N–H and O–H groups in total. The van der Waals surface area contributed by atoms with Gasteiger partial charge in [0.15, 0.2) is 0 Å². The minimum absolute atomic E-state index is 0.177.